The predicted octanol–water partition coefficient (Wildman–Crippen LogP) is 2.47. The van der Waals surface area contributed by atoms with E-state index in [-0.39, 0.29) is 17.6 Å². The monoisotopic (exact) mass is 267 g/mol. The van der Waals surface area contributed by atoms with Gasteiger partial charge in [-0.25, -0.2) is 4.39 Å². The van der Waals surface area contributed by atoms with Crippen LogP contribution in [0, 0.1) is 5.82 Å². The lowest BCUT2D eigenvalue weighted by atomic mass is 10.2. The van der Waals surface area contributed by atoms with Crippen molar-refractivity contribution in [3.8, 4) is 0 Å². The van der Waals surface area contributed by atoms with Crippen molar-refractivity contribution in [1.29, 1.82) is 0 Å². The van der Waals surface area contributed by atoms with Crippen LogP contribution >= 0.6 is 0 Å². The van der Waals surface area contributed by atoms with Gasteiger partial charge in [0.15, 0.2) is 0 Å². The van der Waals surface area contributed by atoms with Crippen molar-refractivity contribution >= 4 is 17.3 Å². The molecule has 0 fully saturated rings. The van der Waals surface area contributed by atoms with Crippen LogP contribution in [0.25, 0.3) is 0 Å². The Morgan fingerprint density at radius 3 is 2.79 bits per heavy atom. The van der Waals surface area contributed by atoms with E-state index in [1.807, 2.05) is 18.9 Å². The number of nitrogens with one attached hydrogen (secondary N) is 1. The van der Waals surface area contributed by atoms with E-state index in [1.165, 1.54) is 18.2 Å². The molecular formula is C14H22FN3O. The van der Waals surface area contributed by atoms with Gasteiger partial charge < -0.3 is 11.1 Å². The quantitative estimate of drug-likeness (QED) is 0.778. The minimum absolute atomic E-state index is 0.0322. The highest BCUT2D eigenvalue weighted by atomic mass is 19.1. The van der Waals surface area contributed by atoms with E-state index in [2.05, 4.69) is 12.2 Å². The standard InChI is InChI=1S/C14H22FN3O/c1-4-5-8-18(3)10(2)14(19)17-11-6-7-12(15)13(16)9-11/h6-7,9-10H,4-5,8,16H2,1-3H3,(H,17,19). The zero-order chi connectivity index (χ0) is 14.4. The Hall–Kier alpha value is -1.62. The Morgan fingerprint density at radius 2 is 2.21 bits per heavy atom. The molecule has 0 aliphatic carbocycles. The molecule has 0 radical (unpaired) electrons. The molecule has 0 saturated heterocycles. The Kier molecular flexibility index (Phi) is 5.76. The average molecular weight is 267 g/mol. The minimum atomic E-state index is -0.480. The molecular weight excluding hydrogens is 245 g/mol. The molecule has 1 rings (SSSR count). The number of carbonyl (C=O) groups excluding carboxylic acids is 1. The SMILES string of the molecule is CCCCN(C)C(C)C(=O)Nc1ccc(F)c(N)c1. The lowest BCUT2D eigenvalue weighted by Gasteiger charge is -2.23. The summed E-state index contributed by atoms with van der Waals surface area (Å²) in [7, 11) is 1.92. The number of amides is 1. The van der Waals surface area contributed by atoms with E-state index in [0.29, 0.717) is 5.69 Å². The second-order valence-electron chi connectivity index (χ2n) is 4.74. The molecule has 106 valence electrons. The first-order valence-corrected chi connectivity index (χ1v) is 6.51. The van der Waals surface area contributed by atoms with Crippen molar-refractivity contribution in [3.63, 3.8) is 0 Å². The van der Waals surface area contributed by atoms with E-state index >= 15 is 0 Å². The van der Waals surface area contributed by atoms with Gasteiger partial charge in [0, 0.05) is 5.69 Å². The predicted molar refractivity (Wildman–Crippen MR) is 76.4 cm³/mol. The smallest absolute Gasteiger partial charge is 0.241 e. The first kappa shape index (κ1) is 15.4. The molecule has 4 nitrogen and oxygen atoms in total. The molecule has 1 atom stereocenters. The maximum absolute atomic E-state index is 13.0. The van der Waals surface area contributed by atoms with Crippen LogP contribution in [0.5, 0.6) is 0 Å². The van der Waals surface area contributed by atoms with Gasteiger partial charge in [-0.3, -0.25) is 9.69 Å². The van der Waals surface area contributed by atoms with Gasteiger partial charge in [0.05, 0.1) is 11.7 Å². The van der Waals surface area contributed by atoms with Gasteiger partial charge in [-0.05, 0) is 45.1 Å². The summed E-state index contributed by atoms with van der Waals surface area (Å²) in [6.45, 7) is 4.83. The summed E-state index contributed by atoms with van der Waals surface area (Å²) in [6.07, 6.45) is 2.14. The van der Waals surface area contributed by atoms with Crippen molar-refractivity contribution in [2.24, 2.45) is 0 Å². The van der Waals surface area contributed by atoms with E-state index in [1.54, 1.807) is 0 Å². The minimum Gasteiger partial charge on any atom is -0.396 e. The van der Waals surface area contributed by atoms with Gasteiger partial charge in [-0.1, -0.05) is 13.3 Å². The number of nitrogens with two attached hydrogens (primary N) is 1. The van der Waals surface area contributed by atoms with Gasteiger partial charge in [-0.15, -0.1) is 0 Å². The van der Waals surface area contributed by atoms with Crippen molar-refractivity contribution in [2.45, 2.75) is 32.7 Å². The fourth-order valence-corrected chi connectivity index (χ4v) is 1.67. The normalized spacial score (nSPS) is 12.5. The van der Waals surface area contributed by atoms with Gasteiger partial charge in [-0.2, -0.15) is 0 Å². The lowest BCUT2D eigenvalue weighted by Crippen LogP contribution is -2.40. The van der Waals surface area contributed by atoms with Crippen molar-refractivity contribution < 1.29 is 9.18 Å². The summed E-state index contributed by atoms with van der Waals surface area (Å²) >= 11 is 0. The van der Waals surface area contributed by atoms with Crippen molar-refractivity contribution in [2.75, 3.05) is 24.6 Å². The zero-order valence-electron chi connectivity index (χ0n) is 11.7. The highest BCUT2D eigenvalue weighted by Gasteiger charge is 2.17. The van der Waals surface area contributed by atoms with Crippen molar-refractivity contribution in [1.82, 2.24) is 4.90 Å². The Labute approximate surface area is 113 Å². The van der Waals surface area contributed by atoms with Crippen LogP contribution < -0.4 is 11.1 Å². The highest BCUT2D eigenvalue weighted by Crippen LogP contribution is 2.16. The molecule has 1 unspecified atom stereocenters. The number of hydrogen-bond acceptors (Lipinski definition) is 3. The summed E-state index contributed by atoms with van der Waals surface area (Å²) in [5.74, 6) is -0.601. The summed E-state index contributed by atoms with van der Waals surface area (Å²) in [5, 5.41) is 2.74. The molecule has 0 aliphatic rings. The van der Waals surface area contributed by atoms with E-state index in [4.69, 9.17) is 5.73 Å². The number of nitrogen functional groups attached to an aromatic ring is 1. The fourth-order valence-electron chi connectivity index (χ4n) is 1.67. The number of benzene rings is 1. The van der Waals surface area contributed by atoms with Gasteiger partial charge in [0.25, 0.3) is 0 Å². The zero-order valence-corrected chi connectivity index (χ0v) is 11.7. The fraction of sp³-hybridized carbons (Fsp3) is 0.500. The van der Waals surface area contributed by atoms with E-state index in [9.17, 15) is 9.18 Å². The molecule has 0 saturated carbocycles. The van der Waals surface area contributed by atoms with Gasteiger partial charge >= 0.3 is 0 Å². The number of unbranched alkanes of at least 4 members (excludes halogenated alkanes) is 1. The second-order valence-corrected chi connectivity index (χ2v) is 4.74. The van der Waals surface area contributed by atoms with Gasteiger partial charge in [0.2, 0.25) is 5.91 Å². The summed E-state index contributed by atoms with van der Waals surface area (Å²) < 4.78 is 13.0. The molecule has 0 spiro atoms. The van der Waals surface area contributed by atoms with Crippen LogP contribution in [0.4, 0.5) is 15.8 Å². The summed E-state index contributed by atoms with van der Waals surface area (Å²) in [6, 6.07) is 3.93. The number of hydrogen-bond donors (Lipinski definition) is 2. The largest absolute Gasteiger partial charge is 0.396 e. The van der Waals surface area contributed by atoms with Gasteiger partial charge in [0.1, 0.15) is 5.82 Å². The summed E-state index contributed by atoms with van der Waals surface area (Å²) in [5.41, 5.74) is 6.01. The molecule has 0 aliphatic heterocycles. The Balaban J connectivity index is 2.60. The first-order chi connectivity index (χ1) is 8.95. The number of nitrogens with zero attached hydrogens (tertiary/aromatic N) is 1. The van der Waals surface area contributed by atoms with Crippen LogP contribution in [0.1, 0.15) is 26.7 Å². The third-order valence-electron chi connectivity index (χ3n) is 3.17. The van der Waals surface area contributed by atoms with Crippen LogP contribution in [-0.4, -0.2) is 30.4 Å². The number of halogens is 1. The molecule has 0 heterocycles. The molecule has 1 aromatic carbocycles. The van der Waals surface area contributed by atoms with Crippen LogP contribution in [-0.2, 0) is 4.79 Å². The third kappa shape index (κ3) is 4.52. The average Bonchev–Trinajstić information content (AvgIpc) is 2.39. The molecule has 0 aromatic heterocycles. The number of anilines is 2. The number of rotatable bonds is 6. The van der Waals surface area contributed by atoms with Crippen LogP contribution in [0.15, 0.2) is 18.2 Å². The maximum Gasteiger partial charge on any atom is 0.241 e. The highest BCUT2D eigenvalue weighted by molar-refractivity contribution is 5.94. The number of carbonyl (C=O) groups is 1. The van der Waals surface area contributed by atoms with Crippen molar-refractivity contribution in [3.05, 3.63) is 24.0 Å². The molecule has 1 amide bonds. The van der Waals surface area contributed by atoms with Crippen LogP contribution in [0.2, 0.25) is 0 Å². The first-order valence-electron chi connectivity index (χ1n) is 6.51. The lowest BCUT2D eigenvalue weighted by molar-refractivity contribution is -0.120. The van der Waals surface area contributed by atoms with E-state index in [0.717, 1.165) is 19.4 Å². The molecule has 0 bridgehead atoms. The molecule has 19 heavy (non-hydrogen) atoms. The van der Waals surface area contributed by atoms with Crippen LogP contribution in [0.3, 0.4) is 0 Å². The molecule has 3 N–H and O–H groups in total. The Morgan fingerprint density at radius 1 is 1.53 bits per heavy atom. The third-order valence-corrected chi connectivity index (χ3v) is 3.17. The Bertz CT molecular complexity index is 437. The molecule has 5 heteroatoms. The topological polar surface area (TPSA) is 58.4 Å². The second kappa shape index (κ2) is 7.09. The maximum atomic E-state index is 13.0. The molecule has 1 aromatic rings. The number of likely N-dealkylation sites (N-methyl/N-ethyl adjacent to an activating group) is 1. The summed E-state index contributed by atoms with van der Waals surface area (Å²) in [4.78, 5) is 14.0. The van der Waals surface area contributed by atoms with E-state index < -0.39 is 5.82 Å².